The molecule has 8 heteroatoms. The topological polar surface area (TPSA) is 86.0 Å². The molecular formula is C17H27N3O4S. The third-order valence-corrected chi connectivity index (χ3v) is 5.47. The Labute approximate surface area is 152 Å². The van der Waals surface area contributed by atoms with Crippen molar-refractivity contribution in [2.45, 2.75) is 32.4 Å². The van der Waals surface area contributed by atoms with E-state index in [9.17, 15) is 4.79 Å². The Morgan fingerprint density at radius 3 is 2.52 bits per heavy atom. The number of rotatable bonds is 3. The summed E-state index contributed by atoms with van der Waals surface area (Å²) in [4.78, 5) is 25.1. The van der Waals surface area contributed by atoms with Crippen molar-refractivity contribution in [1.29, 1.82) is 0 Å². The molecule has 7 nitrogen and oxygen atoms in total. The van der Waals surface area contributed by atoms with Gasteiger partial charge in [-0.3, -0.25) is 9.69 Å². The fourth-order valence-corrected chi connectivity index (χ4v) is 4.16. The Morgan fingerprint density at radius 1 is 1.32 bits per heavy atom. The van der Waals surface area contributed by atoms with Crippen LogP contribution in [0.5, 0.6) is 0 Å². The van der Waals surface area contributed by atoms with E-state index in [1.807, 2.05) is 35.7 Å². The van der Waals surface area contributed by atoms with Crippen molar-refractivity contribution in [2.24, 2.45) is 0 Å². The number of urea groups is 1. The number of carbonyl (C=O) groups is 2. The van der Waals surface area contributed by atoms with E-state index in [-0.39, 0.29) is 12.5 Å². The quantitative estimate of drug-likeness (QED) is 0.793. The molecule has 0 aromatic carbocycles. The number of furan rings is 1. The number of amides is 2. The zero-order valence-electron chi connectivity index (χ0n) is 14.6. The first-order valence-corrected chi connectivity index (χ1v) is 9.77. The zero-order chi connectivity index (χ0) is 18.1. The van der Waals surface area contributed by atoms with E-state index in [0.29, 0.717) is 12.6 Å². The van der Waals surface area contributed by atoms with Crippen LogP contribution in [0.1, 0.15) is 24.4 Å². The molecule has 2 saturated heterocycles. The molecule has 0 radical (unpaired) electrons. The van der Waals surface area contributed by atoms with E-state index in [4.69, 9.17) is 14.3 Å². The van der Waals surface area contributed by atoms with E-state index in [1.54, 1.807) is 0 Å². The normalized spacial score (nSPS) is 19.0. The van der Waals surface area contributed by atoms with Gasteiger partial charge in [-0.25, -0.2) is 4.79 Å². The summed E-state index contributed by atoms with van der Waals surface area (Å²) in [6.45, 7) is 6.26. The second kappa shape index (κ2) is 10.4. The van der Waals surface area contributed by atoms with Crippen LogP contribution in [-0.2, 0) is 11.3 Å². The number of hydrogen-bond acceptors (Lipinski definition) is 5. The predicted molar refractivity (Wildman–Crippen MR) is 97.9 cm³/mol. The summed E-state index contributed by atoms with van der Waals surface area (Å²) in [5, 5.41) is 9.84. The summed E-state index contributed by atoms with van der Waals surface area (Å²) in [7, 11) is 0. The summed E-state index contributed by atoms with van der Waals surface area (Å²) >= 11 is 2.05. The second-order valence-corrected chi connectivity index (χ2v) is 7.37. The summed E-state index contributed by atoms with van der Waals surface area (Å²) in [5.41, 5.74) is 0. The monoisotopic (exact) mass is 369 g/mol. The summed E-state index contributed by atoms with van der Waals surface area (Å²) in [6.07, 6.45) is 2.19. The zero-order valence-corrected chi connectivity index (χ0v) is 15.5. The van der Waals surface area contributed by atoms with Crippen LogP contribution in [0.15, 0.2) is 16.5 Å². The van der Waals surface area contributed by atoms with E-state index >= 15 is 0 Å². The maximum Gasteiger partial charge on any atom is 0.317 e. The molecule has 0 aliphatic carbocycles. The fourth-order valence-electron chi connectivity index (χ4n) is 3.23. The number of carbonyl (C=O) groups excluding carboxylic acids is 1. The molecule has 0 atom stereocenters. The average Bonchev–Trinajstić information content (AvgIpc) is 3.07. The molecule has 140 valence electrons. The Kier molecular flexibility index (Phi) is 8.14. The Hall–Kier alpha value is -1.67. The summed E-state index contributed by atoms with van der Waals surface area (Å²) in [5.74, 6) is 4.20. The molecule has 2 aliphatic rings. The number of aryl methyl sites for hydroxylation is 1. The second-order valence-electron chi connectivity index (χ2n) is 6.14. The van der Waals surface area contributed by atoms with Crippen molar-refractivity contribution in [3.05, 3.63) is 23.7 Å². The van der Waals surface area contributed by atoms with E-state index in [2.05, 4.69) is 10.2 Å². The molecule has 0 saturated carbocycles. The predicted octanol–water partition coefficient (Wildman–Crippen LogP) is 2.01. The molecule has 0 bridgehead atoms. The highest BCUT2D eigenvalue weighted by Crippen LogP contribution is 2.20. The standard InChI is InChI=1S/C16H25N3O2S.CH2O2/c1-13-2-3-15(21-13)12-17-16(20)19-6-4-14(5-7-19)18-8-10-22-11-9-18;2-1-3/h2-3,14H,4-12H2,1H3,(H,17,20);1H,(H,2,3). The first-order chi connectivity index (χ1) is 12.1. The van der Waals surface area contributed by atoms with Gasteiger partial charge in [-0.15, -0.1) is 0 Å². The van der Waals surface area contributed by atoms with E-state index in [0.717, 1.165) is 37.5 Å². The van der Waals surface area contributed by atoms with Gasteiger partial charge >= 0.3 is 6.03 Å². The Morgan fingerprint density at radius 2 is 1.96 bits per heavy atom. The average molecular weight is 369 g/mol. The smallest absolute Gasteiger partial charge is 0.317 e. The number of carboxylic acid groups (broad SMARTS) is 1. The van der Waals surface area contributed by atoms with Crippen LogP contribution in [-0.4, -0.2) is 71.1 Å². The largest absolute Gasteiger partial charge is 0.483 e. The third kappa shape index (κ3) is 6.28. The lowest BCUT2D eigenvalue weighted by atomic mass is 10.0. The van der Waals surface area contributed by atoms with Crippen LogP contribution >= 0.6 is 11.8 Å². The van der Waals surface area contributed by atoms with Crippen LogP contribution in [0.25, 0.3) is 0 Å². The van der Waals surface area contributed by atoms with Gasteiger partial charge < -0.3 is 19.7 Å². The van der Waals surface area contributed by atoms with Gasteiger partial charge in [0.1, 0.15) is 11.5 Å². The highest BCUT2D eigenvalue weighted by Gasteiger charge is 2.27. The fraction of sp³-hybridized carbons (Fsp3) is 0.647. The highest BCUT2D eigenvalue weighted by atomic mass is 32.2. The van der Waals surface area contributed by atoms with Crippen molar-refractivity contribution in [2.75, 3.05) is 37.7 Å². The Balaban J connectivity index is 0.000000701. The number of thioether (sulfide) groups is 1. The Bertz CT molecular complexity index is 538. The molecule has 3 rings (SSSR count). The van der Waals surface area contributed by atoms with Crippen LogP contribution in [0.4, 0.5) is 4.79 Å². The molecule has 1 aromatic heterocycles. The van der Waals surface area contributed by atoms with Gasteiger partial charge in [0.25, 0.3) is 6.47 Å². The van der Waals surface area contributed by atoms with Crippen molar-refractivity contribution in [3.8, 4) is 0 Å². The molecular weight excluding hydrogens is 342 g/mol. The van der Waals surface area contributed by atoms with Crippen LogP contribution in [0.3, 0.4) is 0 Å². The summed E-state index contributed by atoms with van der Waals surface area (Å²) < 4.78 is 5.48. The lowest BCUT2D eigenvalue weighted by Crippen LogP contribution is -2.51. The molecule has 1 aromatic rings. The van der Waals surface area contributed by atoms with Crippen molar-refractivity contribution < 1.29 is 19.1 Å². The van der Waals surface area contributed by atoms with Gasteiger partial charge in [-0.1, -0.05) is 0 Å². The van der Waals surface area contributed by atoms with Crippen LogP contribution in [0.2, 0.25) is 0 Å². The van der Waals surface area contributed by atoms with Gasteiger partial charge in [-0.2, -0.15) is 11.8 Å². The molecule has 0 spiro atoms. The minimum atomic E-state index is -0.250. The van der Waals surface area contributed by atoms with Gasteiger partial charge in [0.15, 0.2) is 0 Å². The molecule has 0 unspecified atom stereocenters. The number of likely N-dealkylation sites (tertiary alicyclic amines) is 1. The lowest BCUT2D eigenvalue weighted by Gasteiger charge is -2.39. The van der Waals surface area contributed by atoms with Gasteiger partial charge in [0.05, 0.1) is 6.54 Å². The number of piperidine rings is 1. The van der Waals surface area contributed by atoms with Crippen molar-refractivity contribution in [1.82, 2.24) is 15.1 Å². The maximum absolute atomic E-state index is 12.2. The van der Waals surface area contributed by atoms with E-state index in [1.165, 1.54) is 24.6 Å². The first-order valence-electron chi connectivity index (χ1n) is 8.61. The van der Waals surface area contributed by atoms with Gasteiger partial charge in [0.2, 0.25) is 0 Å². The molecule has 2 N–H and O–H groups in total. The third-order valence-electron chi connectivity index (χ3n) is 4.52. The van der Waals surface area contributed by atoms with Gasteiger partial charge in [0, 0.05) is 43.7 Å². The number of nitrogens with one attached hydrogen (secondary N) is 1. The van der Waals surface area contributed by atoms with Crippen LogP contribution < -0.4 is 5.32 Å². The molecule has 2 amide bonds. The molecule has 2 aliphatic heterocycles. The molecule has 2 fully saturated rings. The van der Waals surface area contributed by atoms with Crippen molar-refractivity contribution >= 4 is 24.3 Å². The summed E-state index contributed by atoms with van der Waals surface area (Å²) in [6, 6.07) is 4.53. The SMILES string of the molecule is Cc1ccc(CNC(=O)N2CCC(N3CCSCC3)CC2)o1.O=CO. The number of nitrogens with zero attached hydrogens (tertiary/aromatic N) is 2. The minimum absolute atomic E-state index is 0.0294. The van der Waals surface area contributed by atoms with E-state index < -0.39 is 0 Å². The van der Waals surface area contributed by atoms with Crippen LogP contribution in [0, 0.1) is 6.92 Å². The molecule has 25 heavy (non-hydrogen) atoms. The first kappa shape index (κ1) is 19.7. The molecule has 3 heterocycles. The maximum atomic E-state index is 12.2. The number of hydrogen-bond donors (Lipinski definition) is 2. The minimum Gasteiger partial charge on any atom is -0.483 e. The lowest BCUT2D eigenvalue weighted by molar-refractivity contribution is -0.122. The highest BCUT2D eigenvalue weighted by molar-refractivity contribution is 7.99. The van der Waals surface area contributed by atoms with Crippen molar-refractivity contribution in [3.63, 3.8) is 0 Å². The van der Waals surface area contributed by atoms with Gasteiger partial charge in [-0.05, 0) is 31.9 Å².